The van der Waals surface area contributed by atoms with Gasteiger partial charge in [-0.25, -0.2) is 9.07 Å². The third-order valence-corrected chi connectivity index (χ3v) is 3.74. The zero-order valence-electron chi connectivity index (χ0n) is 11.5. The molecule has 0 fully saturated rings. The molecule has 0 amide bonds. The first-order chi connectivity index (χ1) is 10.8. The average molecular weight is 385 g/mol. The molecular formula is C16H9BrF4N2. The van der Waals surface area contributed by atoms with Crippen molar-refractivity contribution in [3.8, 4) is 16.9 Å². The third kappa shape index (κ3) is 3.29. The summed E-state index contributed by atoms with van der Waals surface area (Å²) < 4.78 is 54.0. The Hall–Kier alpha value is -2.15. The monoisotopic (exact) mass is 384 g/mol. The minimum atomic E-state index is -4.56. The van der Waals surface area contributed by atoms with E-state index in [9.17, 15) is 17.6 Å². The summed E-state index contributed by atoms with van der Waals surface area (Å²) in [6.07, 6.45) is -4.56. The van der Waals surface area contributed by atoms with Gasteiger partial charge in [-0.05, 0) is 54.6 Å². The molecule has 2 nitrogen and oxygen atoms in total. The van der Waals surface area contributed by atoms with E-state index in [0.717, 1.165) is 10.5 Å². The lowest BCUT2D eigenvalue weighted by Gasteiger charge is -2.08. The quantitative estimate of drug-likeness (QED) is 0.536. The Morgan fingerprint density at radius 2 is 1.52 bits per heavy atom. The first-order valence-corrected chi connectivity index (χ1v) is 7.33. The van der Waals surface area contributed by atoms with Crippen LogP contribution in [-0.4, -0.2) is 9.78 Å². The highest BCUT2D eigenvalue weighted by atomic mass is 79.9. The predicted molar refractivity (Wildman–Crippen MR) is 81.7 cm³/mol. The molecule has 118 valence electrons. The fraction of sp³-hybridized carbons (Fsp3) is 0.0625. The lowest BCUT2D eigenvalue weighted by Crippen LogP contribution is -2.07. The Bertz CT molecular complexity index is 758. The molecule has 3 rings (SSSR count). The van der Waals surface area contributed by atoms with E-state index >= 15 is 0 Å². The molecule has 0 aliphatic carbocycles. The fourth-order valence-electron chi connectivity index (χ4n) is 2.13. The Labute approximate surface area is 137 Å². The predicted octanol–water partition coefficient (Wildman–Crippen LogP) is 5.46. The highest BCUT2D eigenvalue weighted by Gasteiger charge is 2.35. The van der Waals surface area contributed by atoms with E-state index in [0.29, 0.717) is 11.3 Å². The maximum atomic E-state index is 13.1. The van der Waals surface area contributed by atoms with Crippen LogP contribution < -0.4 is 0 Å². The maximum absolute atomic E-state index is 13.1. The van der Waals surface area contributed by atoms with E-state index in [1.165, 1.54) is 28.9 Å². The van der Waals surface area contributed by atoms with Gasteiger partial charge in [0.25, 0.3) is 0 Å². The van der Waals surface area contributed by atoms with Crippen molar-refractivity contribution in [2.24, 2.45) is 0 Å². The smallest absolute Gasteiger partial charge is 0.233 e. The standard InChI is InChI=1S/C16H9BrF4N2/c17-11-3-7-13(8-4-11)23-14(9-15(22-23)16(19,20)21)10-1-5-12(18)6-2-10/h1-9H. The Kier molecular flexibility index (Phi) is 3.97. The molecule has 0 aliphatic heterocycles. The van der Waals surface area contributed by atoms with E-state index in [2.05, 4.69) is 21.0 Å². The molecule has 0 saturated heterocycles. The van der Waals surface area contributed by atoms with Crippen molar-refractivity contribution < 1.29 is 17.6 Å². The molecule has 0 radical (unpaired) electrons. The molecule has 0 saturated carbocycles. The lowest BCUT2D eigenvalue weighted by molar-refractivity contribution is -0.141. The zero-order valence-corrected chi connectivity index (χ0v) is 13.1. The van der Waals surface area contributed by atoms with Gasteiger partial charge in [-0.15, -0.1) is 0 Å². The molecule has 1 aromatic heterocycles. The second kappa shape index (κ2) is 5.81. The largest absolute Gasteiger partial charge is 0.435 e. The molecule has 2 aromatic carbocycles. The minimum absolute atomic E-state index is 0.236. The van der Waals surface area contributed by atoms with Gasteiger partial charge in [-0.2, -0.15) is 18.3 Å². The number of rotatable bonds is 2. The summed E-state index contributed by atoms with van der Waals surface area (Å²) in [5, 5.41) is 3.66. The molecule has 0 N–H and O–H groups in total. The highest BCUT2D eigenvalue weighted by molar-refractivity contribution is 9.10. The first kappa shape index (κ1) is 15.7. The van der Waals surface area contributed by atoms with Gasteiger partial charge < -0.3 is 0 Å². The molecule has 3 aromatic rings. The van der Waals surface area contributed by atoms with Crippen LogP contribution in [0.1, 0.15) is 5.69 Å². The highest BCUT2D eigenvalue weighted by Crippen LogP contribution is 2.33. The second-order valence-electron chi connectivity index (χ2n) is 4.81. The Balaban J connectivity index is 2.18. The van der Waals surface area contributed by atoms with Crippen molar-refractivity contribution >= 4 is 15.9 Å². The molecule has 1 heterocycles. The van der Waals surface area contributed by atoms with Gasteiger partial charge >= 0.3 is 6.18 Å². The van der Waals surface area contributed by atoms with Crippen LogP contribution in [0.2, 0.25) is 0 Å². The maximum Gasteiger partial charge on any atom is 0.435 e. The summed E-state index contributed by atoms with van der Waals surface area (Å²) in [7, 11) is 0. The van der Waals surface area contributed by atoms with Gasteiger partial charge in [0.1, 0.15) is 5.82 Å². The number of alkyl halides is 3. The molecular weight excluding hydrogens is 376 g/mol. The second-order valence-corrected chi connectivity index (χ2v) is 5.72. The van der Waals surface area contributed by atoms with Gasteiger partial charge in [0.05, 0.1) is 11.4 Å². The first-order valence-electron chi connectivity index (χ1n) is 6.54. The third-order valence-electron chi connectivity index (χ3n) is 3.21. The molecule has 0 unspecified atom stereocenters. The number of hydrogen-bond donors (Lipinski definition) is 0. The number of aromatic nitrogens is 2. The van der Waals surface area contributed by atoms with Crippen LogP contribution in [0.15, 0.2) is 59.1 Å². The van der Waals surface area contributed by atoms with Crippen LogP contribution in [0.4, 0.5) is 17.6 Å². The molecule has 0 atom stereocenters. The number of nitrogens with zero attached hydrogens (tertiary/aromatic N) is 2. The van der Waals surface area contributed by atoms with E-state index in [1.807, 2.05) is 0 Å². The van der Waals surface area contributed by atoms with Crippen molar-refractivity contribution in [1.82, 2.24) is 9.78 Å². The van der Waals surface area contributed by atoms with Gasteiger partial charge in [-0.1, -0.05) is 15.9 Å². The number of hydrogen-bond acceptors (Lipinski definition) is 1. The van der Waals surface area contributed by atoms with Gasteiger partial charge in [0.2, 0.25) is 0 Å². The Morgan fingerprint density at radius 3 is 2.09 bits per heavy atom. The van der Waals surface area contributed by atoms with Crippen molar-refractivity contribution in [2.45, 2.75) is 6.18 Å². The summed E-state index contributed by atoms with van der Waals surface area (Å²) in [6, 6.07) is 12.9. The summed E-state index contributed by atoms with van der Waals surface area (Å²) in [5.74, 6) is -0.459. The fourth-order valence-corrected chi connectivity index (χ4v) is 2.39. The average Bonchev–Trinajstić information content (AvgIpc) is 2.94. The van der Waals surface area contributed by atoms with Crippen LogP contribution >= 0.6 is 15.9 Å². The van der Waals surface area contributed by atoms with Crippen molar-refractivity contribution in [2.75, 3.05) is 0 Å². The van der Waals surface area contributed by atoms with Crippen molar-refractivity contribution in [3.63, 3.8) is 0 Å². The minimum Gasteiger partial charge on any atom is -0.233 e. The van der Waals surface area contributed by atoms with E-state index in [4.69, 9.17) is 0 Å². The topological polar surface area (TPSA) is 17.8 Å². The molecule has 0 spiro atoms. The van der Waals surface area contributed by atoms with Crippen LogP contribution in [-0.2, 0) is 6.18 Å². The SMILES string of the molecule is Fc1ccc(-c2cc(C(F)(F)F)nn2-c2ccc(Br)cc2)cc1. The van der Waals surface area contributed by atoms with Crippen LogP contribution in [0.3, 0.4) is 0 Å². The molecule has 0 aliphatic rings. The Morgan fingerprint density at radius 1 is 0.913 bits per heavy atom. The molecule has 0 bridgehead atoms. The zero-order chi connectivity index (χ0) is 16.6. The lowest BCUT2D eigenvalue weighted by atomic mass is 10.1. The number of benzene rings is 2. The van der Waals surface area contributed by atoms with Gasteiger partial charge in [0, 0.05) is 10.0 Å². The van der Waals surface area contributed by atoms with E-state index in [-0.39, 0.29) is 5.69 Å². The summed E-state index contributed by atoms with van der Waals surface area (Å²) in [4.78, 5) is 0. The van der Waals surface area contributed by atoms with Gasteiger partial charge in [0.15, 0.2) is 5.69 Å². The molecule has 7 heteroatoms. The normalized spacial score (nSPS) is 11.7. The van der Waals surface area contributed by atoms with Crippen molar-refractivity contribution in [3.05, 3.63) is 70.6 Å². The summed E-state index contributed by atoms with van der Waals surface area (Å²) in [6.45, 7) is 0. The number of halogens is 5. The van der Waals surface area contributed by atoms with Gasteiger partial charge in [-0.3, -0.25) is 0 Å². The van der Waals surface area contributed by atoms with E-state index in [1.54, 1.807) is 24.3 Å². The van der Waals surface area contributed by atoms with E-state index < -0.39 is 17.7 Å². The summed E-state index contributed by atoms with van der Waals surface area (Å²) >= 11 is 3.28. The van der Waals surface area contributed by atoms with Crippen LogP contribution in [0, 0.1) is 5.82 Å². The van der Waals surface area contributed by atoms with Crippen LogP contribution in [0.5, 0.6) is 0 Å². The summed E-state index contributed by atoms with van der Waals surface area (Å²) in [5.41, 5.74) is 0.153. The van der Waals surface area contributed by atoms with Crippen LogP contribution in [0.25, 0.3) is 16.9 Å². The molecule has 23 heavy (non-hydrogen) atoms. The van der Waals surface area contributed by atoms with Crippen molar-refractivity contribution in [1.29, 1.82) is 0 Å².